The summed E-state index contributed by atoms with van der Waals surface area (Å²) in [5.74, 6) is 0.930. The molecule has 2 aliphatic rings. The molecule has 0 aromatic rings. The lowest BCUT2D eigenvalue weighted by molar-refractivity contribution is 0.245. The van der Waals surface area contributed by atoms with Crippen LogP contribution >= 0.6 is 0 Å². The van der Waals surface area contributed by atoms with Crippen LogP contribution in [0.4, 0.5) is 0 Å². The lowest BCUT2D eigenvalue weighted by Gasteiger charge is -2.35. The van der Waals surface area contributed by atoms with E-state index in [9.17, 15) is 8.42 Å². The second kappa shape index (κ2) is 5.02. The molecule has 2 aliphatic heterocycles. The molecule has 2 atom stereocenters. The maximum atomic E-state index is 11.9. The summed E-state index contributed by atoms with van der Waals surface area (Å²) in [6.45, 7) is 4.63. The molecule has 5 heteroatoms. The van der Waals surface area contributed by atoms with Gasteiger partial charge in [0.1, 0.15) is 0 Å². The predicted molar refractivity (Wildman–Crippen MR) is 64.8 cm³/mol. The minimum atomic E-state index is -2.95. The van der Waals surface area contributed by atoms with Gasteiger partial charge < -0.3 is 5.32 Å². The average molecular weight is 246 g/mol. The number of sulfonamides is 1. The van der Waals surface area contributed by atoms with Crippen molar-refractivity contribution < 1.29 is 8.42 Å². The van der Waals surface area contributed by atoms with Crippen molar-refractivity contribution in [2.24, 2.45) is 5.92 Å². The Morgan fingerprint density at radius 3 is 2.81 bits per heavy atom. The maximum Gasteiger partial charge on any atom is 0.214 e. The summed E-state index contributed by atoms with van der Waals surface area (Å²) < 4.78 is 25.4. The molecule has 2 fully saturated rings. The highest BCUT2D eigenvalue weighted by atomic mass is 32.2. The summed E-state index contributed by atoms with van der Waals surface area (Å²) in [4.78, 5) is 0. The van der Waals surface area contributed by atoms with Gasteiger partial charge in [-0.3, -0.25) is 0 Å². The van der Waals surface area contributed by atoms with Crippen molar-refractivity contribution in [3.63, 3.8) is 0 Å². The zero-order valence-corrected chi connectivity index (χ0v) is 10.8. The lowest BCUT2D eigenvalue weighted by atomic mass is 9.93. The Morgan fingerprint density at radius 2 is 2.12 bits per heavy atom. The van der Waals surface area contributed by atoms with E-state index in [-0.39, 0.29) is 0 Å². The van der Waals surface area contributed by atoms with Crippen molar-refractivity contribution in [1.29, 1.82) is 0 Å². The first-order chi connectivity index (χ1) is 7.59. The molecule has 0 radical (unpaired) electrons. The van der Waals surface area contributed by atoms with Gasteiger partial charge >= 0.3 is 0 Å². The van der Waals surface area contributed by atoms with Crippen LogP contribution in [0.5, 0.6) is 0 Å². The van der Waals surface area contributed by atoms with E-state index < -0.39 is 10.0 Å². The molecule has 2 rings (SSSR count). The van der Waals surface area contributed by atoms with Crippen LogP contribution in [-0.2, 0) is 10.0 Å². The summed E-state index contributed by atoms with van der Waals surface area (Å²) in [7, 11) is -2.95. The van der Waals surface area contributed by atoms with Crippen LogP contribution in [-0.4, -0.2) is 44.2 Å². The minimum Gasteiger partial charge on any atom is -0.312 e. The Hall–Kier alpha value is -0.130. The number of nitrogens with one attached hydrogen (secondary N) is 1. The molecule has 4 nitrogen and oxygen atoms in total. The van der Waals surface area contributed by atoms with Gasteiger partial charge in [0.2, 0.25) is 10.0 Å². The van der Waals surface area contributed by atoms with Gasteiger partial charge in [-0.2, -0.15) is 0 Å². The van der Waals surface area contributed by atoms with Crippen molar-refractivity contribution in [2.45, 2.75) is 38.6 Å². The molecule has 0 saturated carbocycles. The Balaban J connectivity index is 1.97. The van der Waals surface area contributed by atoms with E-state index in [1.54, 1.807) is 4.31 Å². The number of rotatable bonds is 2. The fraction of sp³-hybridized carbons (Fsp3) is 1.00. The Morgan fingerprint density at radius 1 is 1.31 bits per heavy atom. The van der Waals surface area contributed by atoms with Crippen molar-refractivity contribution in [3.05, 3.63) is 0 Å². The van der Waals surface area contributed by atoms with Gasteiger partial charge in [0.05, 0.1) is 5.75 Å². The summed E-state index contributed by atoms with van der Waals surface area (Å²) in [5.41, 5.74) is 0. The third kappa shape index (κ3) is 2.76. The van der Waals surface area contributed by atoms with E-state index in [0.717, 1.165) is 19.4 Å². The summed E-state index contributed by atoms with van der Waals surface area (Å²) in [6, 6.07) is 0.349. The first-order valence-electron chi connectivity index (χ1n) is 6.31. The van der Waals surface area contributed by atoms with Gasteiger partial charge in [-0.25, -0.2) is 12.7 Å². The van der Waals surface area contributed by atoms with E-state index in [4.69, 9.17) is 0 Å². The van der Waals surface area contributed by atoms with Crippen LogP contribution in [0.15, 0.2) is 0 Å². The van der Waals surface area contributed by atoms with Crippen LogP contribution in [0.3, 0.4) is 0 Å². The van der Waals surface area contributed by atoms with Crippen LogP contribution in [0.25, 0.3) is 0 Å². The molecular formula is C11H22N2O2S. The fourth-order valence-electron chi connectivity index (χ4n) is 2.62. The second-order valence-corrected chi connectivity index (χ2v) is 7.15. The zero-order valence-electron chi connectivity index (χ0n) is 9.98. The van der Waals surface area contributed by atoms with Crippen LogP contribution < -0.4 is 5.32 Å². The SMILES string of the molecule is CC1CCCNC1CN1CCCCS1(=O)=O. The largest absolute Gasteiger partial charge is 0.312 e. The summed E-state index contributed by atoms with van der Waals surface area (Å²) in [5, 5.41) is 3.45. The lowest BCUT2D eigenvalue weighted by Crippen LogP contribution is -2.51. The fourth-order valence-corrected chi connectivity index (χ4v) is 4.25. The molecule has 0 bridgehead atoms. The van der Waals surface area contributed by atoms with Crippen molar-refractivity contribution in [2.75, 3.05) is 25.4 Å². The molecule has 0 spiro atoms. The van der Waals surface area contributed by atoms with Crippen LogP contribution in [0.2, 0.25) is 0 Å². The minimum absolute atomic E-state index is 0.341. The van der Waals surface area contributed by atoms with E-state index >= 15 is 0 Å². The molecule has 94 valence electrons. The van der Waals surface area contributed by atoms with Gasteiger partial charge in [-0.1, -0.05) is 6.92 Å². The first-order valence-corrected chi connectivity index (χ1v) is 7.92. The van der Waals surface area contributed by atoms with Crippen molar-refractivity contribution >= 4 is 10.0 Å². The van der Waals surface area contributed by atoms with Gasteiger partial charge in [-0.15, -0.1) is 0 Å². The number of piperidine rings is 1. The number of hydrogen-bond donors (Lipinski definition) is 1. The molecule has 2 unspecified atom stereocenters. The normalized spacial score (nSPS) is 36.1. The average Bonchev–Trinajstić information content (AvgIpc) is 2.24. The van der Waals surface area contributed by atoms with Crippen LogP contribution in [0, 0.1) is 5.92 Å². The highest BCUT2D eigenvalue weighted by Crippen LogP contribution is 2.20. The molecule has 0 aromatic carbocycles. The monoisotopic (exact) mass is 246 g/mol. The Bertz CT molecular complexity index is 329. The summed E-state index contributed by atoms with van der Waals surface area (Å²) >= 11 is 0. The van der Waals surface area contributed by atoms with Gasteiger partial charge in [0.15, 0.2) is 0 Å². The van der Waals surface area contributed by atoms with E-state index in [0.29, 0.717) is 30.8 Å². The molecule has 1 N–H and O–H groups in total. The highest BCUT2D eigenvalue weighted by molar-refractivity contribution is 7.89. The van der Waals surface area contributed by atoms with Crippen molar-refractivity contribution in [1.82, 2.24) is 9.62 Å². The standard InChI is InChI=1S/C11H22N2O2S/c1-10-5-4-6-12-11(10)9-13-7-2-3-8-16(13,14)15/h10-12H,2-9H2,1H3. The number of nitrogens with zero attached hydrogens (tertiary/aromatic N) is 1. The third-order valence-corrected chi connectivity index (χ3v) is 5.71. The molecule has 2 heterocycles. The first kappa shape index (κ1) is 12.3. The quantitative estimate of drug-likeness (QED) is 0.784. The van der Waals surface area contributed by atoms with Gasteiger partial charge in [0, 0.05) is 19.1 Å². The topological polar surface area (TPSA) is 49.4 Å². The highest BCUT2D eigenvalue weighted by Gasteiger charge is 2.30. The summed E-state index contributed by atoms with van der Waals surface area (Å²) in [6.07, 6.45) is 4.27. The van der Waals surface area contributed by atoms with Gasteiger partial charge in [0.25, 0.3) is 0 Å². The van der Waals surface area contributed by atoms with Crippen molar-refractivity contribution in [3.8, 4) is 0 Å². The zero-order chi connectivity index (χ0) is 11.6. The van der Waals surface area contributed by atoms with Crippen LogP contribution in [0.1, 0.15) is 32.6 Å². The Kier molecular flexibility index (Phi) is 3.87. The number of hydrogen-bond acceptors (Lipinski definition) is 3. The third-order valence-electron chi connectivity index (χ3n) is 3.78. The maximum absolute atomic E-state index is 11.9. The van der Waals surface area contributed by atoms with E-state index in [1.165, 1.54) is 12.8 Å². The molecule has 16 heavy (non-hydrogen) atoms. The predicted octanol–water partition coefficient (Wildman–Crippen LogP) is 0.800. The molecule has 2 saturated heterocycles. The second-order valence-electron chi connectivity index (χ2n) is 5.06. The smallest absolute Gasteiger partial charge is 0.214 e. The molecule has 0 amide bonds. The molecular weight excluding hydrogens is 224 g/mol. The Labute approximate surface area is 98.4 Å². The van der Waals surface area contributed by atoms with E-state index in [2.05, 4.69) is 12.2 Å². The molecule has 0 aliphatic carbocycles. The van der Waals surface area contributed by atoms with Gasteiger partial charge in [-0.05, 0) is 38.1 Å². The van der Waals surface area contributed by atoms with E-state index in [1.807, 2.05) is 0 Å². The molecule has 0 aromatic heterocycles.